The second-order valence-electron chi connectivity index (χ2n) is 8.15. The quantitative estimate of drug-likeness (QED) is 0.832. The average molecular weight is 343 g/mol. The molecular weight excluding hydrogens is 314 g/mol. The summed E-state index contributed by atoms with van der Waals surface area (Å²) in [6.07, 6.45) is 4.02. The molecule has 0 aliphatic carbocycles. The van der Waals surface area contributed by atoms with Gasteiger partial charge in [-0.2, -0.15) is 0 Å². The van der Waals surface area contributed by atoms with E-state index in [9.17, 15) is 4.79 Å². The van der Waals surface area contributed by atoms with E-state index in [-0.39, 0.29) is 6.09 Å². The van der Waals surface area contributed by atoms with Crippen molar-refractivity contribution in [2.45, 2.75) is 52.7 Å². The van der Waals surface area contributed by atoms with Gasteiger partial charge in [-0.05, 0) is 64.2 Å². The molecule has 1 aliphatic heterocycles. The highest BCUT2D eigenvalue weighted by Crippen LogP contribution is 2.27. The Bertz CT molecular complexity index is 765. The molecule has 1 aromatic carbocycles. The summed E-state index contributed by atoms with van der Waals surface area (Å²) in [6.45, 7) is 10.4. The summed E-state index contributed by atoms with van der Waals surface area (Å²) in [5.41, 5.74) is 8.81. The Kier molecular flexibility index (Phi) is 4.67. The number of nitrogens with zero attached hydrogens (tertiary/aromatic N) is 2. The van der Waals surface area contributed by atoms with Crippen LogP contribution < -0.4 is 5.73 Å². The van der Waals surface area contributed by atoms with Gasteiger partial charge in [0.2, 0.25) is 0 Å². The van der Waals surface area contributed by atoms with Gasteiger partial charge in [0.25, 0.3) is 0 Å². The molecule has 0 unspecified atom stereocenters. The Morgan fingerprint density at radius 3 is 2.60 bits per heavy atom. The Balaban J connectivity index is 1.63. The van der Waals surface area contributed by atoms with Crippen molar-refractivity contribution in [2.75, 3.05) is 18.8 Å². The van der Waals surface area contributed by atoms with E-state index in [0.29, 0.717) is 5.92 Å². The Morgan fingerprint density at radius 2 is 1.96 bits per heavy atom. The summed E-state index contributed by atoms with van der Waals surface area (Å²) in [6, 6.07) is 6.11. The minimum absolute atomic E-state index is 0.194. The maximum atomic E-state index is 12.2. The molecule has 25 heavy (non-hydrogen) atoms. The van der Waals surface area contributed by atoms with Crippen LogP contribution in [0.2, 0.25) is 0 Å². The van der Waals surface area contributed by atoms with Crippen molar-refractivity contribution in [1.29, 1.82) is 0 Å². The largest absolute Gasteiger partial charge is 0.444 e. The molecule has 136 valence electrons. The second kappa shape index (κ2) is 6.62. The first-order chi connectivity index (χ1) is 11.7. The highest BCUT2D eigenvalue weighted by Gasteiger charge is 2.27. The van der Waals surface area contributed by atoms with Crippen LogP contribution in [0.5, 0.6) is 0 Å². The number of carbonyl (C=O) groups excluding carboxylic acids is 1. The number of carbonyl (C=O) groups is 1. The standard InChI is InChI=1S/C20H29N3O2/c1-14-12-23(18-11-16(21)5-6-17(14)18)13-15-7-9-22(10-8-15)19(24)25-20(2,3)4/h5-6,11-12,15H,7-10,13,21H2,1-4H3. The maximum Gasteiger partial charge on any atom is 0.410 e. The molecule has 0 radical (unpaired) electrons. The topological polar surface area (TPSA) is 60.5 Å². The van der Waals surface area contributed by atoms with Crippen LogP contribution in [0.4, 0.5) is 10.5 Å². The summed E-state index contributed by atoms with van der Waals surface area (Å²) in [7, 11) is 0. The number of anilines is 1. The molecule has 0 saturated carbocycles. The van der Waals surface area contributed by atoms with E-state index in [0.717, 1.165) is 38.2 Å². The minimum atomic E-state index is -0.435. The molecule has 2 heterocycles. The lowest BCUT2D eigenvalue weighted by atomic mass is 9.97. The first-order valence-corrected chi connectivity index (χ1v) is 9.06. The molecule has 1 fully saturated rings. The Hall–Kier alpha value is -2.17. The van der Waals surface area contributed by atoms with Gasteiger partial charge >= 0.3 is 6.09 Å². The van der Waals surface area contributed by atoms with Crippen LogP contribution in [-0.2, 0) is 11.3 Å². The van der Waals surface area contributed by atoms with Crippen LogP contribution in [0.3, 0.4) is 0 Å². The van der Waals surface area contributed by atoms with Crippen LogP contribution in [0.15, 0.2) is 24.4 Å². The molecule has 0 spiro atoms. The molecule has 1 aromatic heterocycles. The summed E-state index contributed by atoms with van der Waals surface area (Å²) in [5.74, 6) is 0.565. The van der Waals surface area contributed by atoms with E-state index in [1.165, 1.54) is 16.5 Å². The zero-order chi connectivity index (χ0) is 18.2. The van der Waals surface area contributed by atoms with Gasteiger partial charge in [0.05, 0.1) is 5.52 Å². The predicted molar refractivity (Wildman–Crippen MR) is 102 cm³/mol. The molecule has 0 atom stereocenters. The molecule has 5 nitrogen and oxygen atoms in total. The van der Waals surface area contributed by atoms with Crippen LogP contribution in [0, 0.1) is 12.8 Å². The van der Waals surface area contributed by atoms with Crippen molar-refractivity contribution in [3.05, 3.63) is 30.0 Å². The van der Waals surface area contributed by atoms with E-state index in [1.54, 1.807) is 0 Å². The third-order valence-corrected chi connectivity index (χ3v) is 4.83. The molecule has 1 saturated heterocycles. The molecule has 1 aliphatic rings. The first-order valence-electron chi connectivity index (χ1n) is 9.06. The number of aromatic nitrogens is 1. The number of aryl methyl sites for hydroxylation is 1. The Labute approximate surface area is 149 Å². The van der Waals surface area contributed by atoms with Crippen molar-refractivity contribution in [2.24, 2.45) is 5.92 Å². The van der Waals surface area contributed by atoms with Crippen molar-refractivity contribution < 1.29 is 9.53 Å². The number of ether oxygens (including phenoxy) is 1. The van der Waals surface area contributed by atoms with E-state index in [4.69, 9.17) is 10.5 Å². The molecule has 1 amide bonds. The first kappa shape index (κ1) is 17.6. The third-order valence-electron chi connectivity index (χ3n) is 4.83. The van der Waals surface area contributed by atoms with Gasteiger partial charge in [0.1, 0.15) is 5.60 Å². The van der Waals surface area contributed by atoms with E-state index < -0.39 is 5.60 Å². The minimum Gasteiger partial charge on any atom is -0.444 e. The fourth-order valence-electron chi connectivity index (χ4n) is 3.55. The fraction of sp³-hybridized carbons (Fsp3) is 0.550. The highest BCUT2D eigenvalue weighted by molar-refractivity contribution is 5.86. The zero-order valence-electron chi connectivity index (χ0n) is 15.7. The molecule has 3 rings (SSSR count). The van der Waals surface area contributed by atoms with Gasteiger partial charge < -0.3 is 19.9 Å². The van der Waals surface area contributed by atoms with Crippen molar-refractivity contribution >= 4 is 22.7 Å². The monoisotopic (exact) mass is 343 g/mol. The number of rotatable bonds is 2. The fourth-order valence-corrected chi connectivity index (χ4v) is 3.55. The smallest absolute Gasteiger partial charge is 0.410 e. The number of likely N-dealkylation sites (tertiary alicyclic amines) is 1. The molecule has 0 bridgehead atoms. The molecule has 2 aromatic rings. The van der Waals surface area contributed by atoms with Crippen molar-refractivity contribution in [3.63, 3.8) is 0 Å². The van der Waals surface area contributed by atoms with Gasteiger partial charge in [-0.1, -0.05) is 6.07 Å². The normalized spacial score (nSPS) is 16.4. The lowest BCUT2D eigenvalue weighted by Crippen LogP contribution is -2.42. The predicted octanol–water partition coefficient (Wildman–Crippen LogP) is 4.18. The third kappa shape index (κ3) is 4.09. The van der Waals surface area contributed by atoms with Gasteiger partial charge in [-0.15, -0.1) is 0 Å². The lowest BCUT2D eigenvalue weighted by molar-refractivity contribution is 0.0178. The van der Waals surface area contributed by atoms with E-state index >= 15 is 0 Å². The second-order valence-corrected chi connectivity index (χ2v) is 8.15. The SMILES string of the molecule is Cc1cn(CC2CCN(C(=O)OC(C)(C)C)CC2)c2cc(N)ccc12. The number of piperidine rings is 1. The summed E-state index contributed by atoms with van der Waals surface area (Å²) in [5, 5.41) is 1.26. The van der Waals surface area contributed by atoms with Crippen LogP contribution in [0.1, 0.15) is 39.2 Å². The highest BCUT2D eigenvalue weighted by atomic mass is 16.6. The van der Waals surface area contributed by atoms with Gasteiger partial charge in [-0.3, -0.25) is 0 Å². The Morgan fingerprint density at radius 1 is 1.28 bits per heavy atom. The summed E-state index contributed by atoms with van der Waals surface area (Å²) < 4.78 is 7.79. The van der Waals surface area contributed by atoms with E-state index in [1.807, 2.05) is 31.7 Å². The molecule has 5 heteroatoms. The number of amides is 1. The van der Waals surface area contributed by atoms with Crippen molar-refractivity contribution in [3.8, 4) is 0 Å². The number of hydrogen-bond acceptors (Lipinski definition) is 3. The zero-order valence-corrected chi connectivity index (χ0v) is 15.7. The number of hydrogen-bond donors (Lipinski definition) is 1. The summed E-state index contributed by atoms with van der Waals surface area (Å²) in [4.78, 5) is 14.0. The summed E-state index contributed by atoms with van der Waals surface area (Å²) >= 11 is 0. The van der Waals surface area contributed by atoms with Crippen molar-refractivity contribution in [1.82, 2.24) is 9.47 Å². The number of fused-ring (bicyclic) bond motifs is 1. The van der Waals surface area contributed by atoms with Crippen LogP contribution in [-0.4, -0.2) is 34.3 Å². The lowest BCUT2D eigenvalue weighted by Gasteiger charge is -2.33. The average Bonchev–Trinajstić information content (AvgIpc) is 2.82. The maximum absolute atomic E-state index is 12.2. The van der Waals surface area contributed by atoms with Gasteiger partial charge in [0, 0.05) is 36.9 Å². The molecular formula is C20H29N3O2. The van der Waals surface area contributed by atoms with Crippen LogP contribution >= 0.6 is 0 Å². The van der Waals surface area contributed by atoms with Gasteiger partial charge in [0.15, 0.2) is 0 Å². The molecule has 2 N–H and O–H groups in total. The number of benzene rings is 1. The number of nitrogen functional groups attached to an aromatic ring is 1. The number of nitrogens with two attached hydrogens (primary N) is 1. The van der Waals surface area contributed by atoms with Gasteiger partial charge in [-0.25, -0.2) is 4.79 Å². The van der Waals surface area contributed by atoms with Crippen LogP contribution in [0.25, 0.3) is 10.9 Å². The van der Waals surface area contributed by atoms with E-state index in [2.05, 4.69) is 29.8 Å².